The molecule has 0 spiro atoms. The van der Waals surface area contributed by atoms with Crippen molar-refractivity contribution in [1.29, 1.82) is 0 Å². The second-order valence-electron chi connectivity index (χ2n) is 5.16. The molecule has 0 heterocycles. The zero-order valence-corrected chi connectivity index (χ0v) is 15.9. The average Bonchev–Trinajstić information content (AvgIpc) is 2.34. The van der Waals surface area contributed by atoms with Crippen molar-refractivity contribution in [3.63, 3.8) is 0 Å². The van der Waals surface area contributed by atoms with Crippen LogP contribution < -0.4 is 0 Å². The highest BCUT2D eigenvalue weighted by atomic mass is 31.3. The molecule has 0 aliphatic carbocycles. The zero-order chi connectivity index (χ0) is 18.8. The number of allylic oxidation sites excluding steroid dienone is 9. The number of rotatable bonds is 9. The summed E-state index contributed by atoms with van der Waals surface area (Å²) < 4.78 is 29.8. The predicted octanol–water partition coefficient (Wildman–Crippen LogP) is 4.18. The van der Waals surface area contributed by atoms with Crippen LogP contribution in [0.25, 0.3) is 0 Å². The summed E-state index contributed by atoms with van der Waals surface area (Å²) in [5, 5.41) is 0. The molecule has 0 aromatic carbocycles. The Morgan fingerprint density at radius 3 is 2.00 bits per heavy atom. The van der Waals surface area contributed by atoms with Gasteiger partial charge in [-0.15, -0.1) is 0 Å². The Morgan fingerprint density at radius 2 is 1.46 bits per heavy atom. The summed E-state index contributed by atoms with van der Waals surface area (Å²) in [5.41, 5.74) is 2.99. The number of hydrogen-bond acceptors (Lipinski definition) is 4. The van der Waals surface area contributed by atoms with E-state index in [0.29, 0.717) is 0 Å². The first kappa shape index (κ1) is 23.0. The van der Waals surface area contributed by atoms with E-state index in [4.69, 9.17) is 14.7 Å². The van der Waals surface area contributed by atoms with E-state index in [-0.39, 0.29) is 6.61 Å². The molecule has 24 heavy (non-hydrogen) atoms. The van der Waals surface area contributed by atoms with Crippen LogP contribution in [0.1, 0.15) is 27.7 Å². The fourth-order valence-electron chi connectivity index (χ4n) is 1.29. The van der Waals surface area contributed by atoms with Gasteiger partial charge >= 0.3 is 15.6 Å². The Balaban J connectivity index is 4.51. The molecule has 0 aromatic heterocycles. The molecule has 0 aliphatic rings. The quantitative estimate of drug-likeness (QED) is 0.407. The maximum absolute atomic E-state index is 11.2. The number of phosphoric acid groups is 2. The normalized spacial score (nSPS) is 16.6. The van der Waals surface area contributed by atoms with Gasteiger partial charge in [0.15, 0.2) is 0 Å². The molecule has 9 heteroatoms. The standard InChI is InChI=1S/C15H24O7P2/c1-13(2)7-5-8-14(3)9-6-10-15(4)11-12-21-24(19,20)22-23(16,17)18/h5-11H,12H2,1-4H3,(H,19,20)(H2,16,17,18)/b8-5+,10-6+,14-9+,15-11+. The van der Waals surface area contributed by atoms with E-state index in [1.807, 2.05) is 45.1 Å². The second-order valence-corrected chi connectivity index (χ2v) is 7.99. The first-order valence-corrected chi connectivity index (χ1v) is 10.0. The van der Waals surface area contributed by atoms with Crippen molar-refractivity contribution in [2.75, 3.05) is 6.61 Å². The van der Waals surface area contributed by atoms with Crippen LogP contribution in [0.5, 0.6) is 0 Å². The van der Waals surface area contributed by atoms with Crippen molar-refractivity contribution in [2.45, 2.75) is 27.7 Å². The second kappa shape index (κ2) is 10.7. The van der Waals surface area contributed by atoms with E-state index < -0.39 is 15.6 Å². The van der Waals surface area contributed by atoms with Gasteiger partial charge in [-0.25, -0.2) is 9.13 Å². The van der Waals surface area contributed by atoms with Gasteiger partial charge < -0.3 is 14.7 Å². The Labute approximate surface area is 142 Å². The van der Waals surface area contributed by atoms with E-state index in [9.17, 15) is 9.13 Å². The van der Waals surface area contributed by atoms with Gasteiger partial charge in [-0.3, -0.25) is 4.52 Å². The lowest BCUT2D eigenvalue weighted by Crippen LogP contribution is -1.94. The Kier molecular flexibility index (Phi) is 10.3. The fourth-order valence-corrected chi connectivity index (χ4v) is 2.82. The highest BCUT2D eigenvalue weighted by Gasteiger charge is 2.31. The summed E-state index contributed by atoms with van der Waals surface area (Å²) in [5.74, 6) is 0. The topological polar surface area (TPSA) is 113 Å². The predicted molar refractivity (Wildman–Crippen MR) is 94.1 cm³/mol. The molecule has 3 N–H and O–H groups in total. The van der Waals surface area contributed by atoms with Crippen molar-refractivity contribution in [2.24, 2.45) is 0 Å². The zero-order valence-electron chi connectivity index (χ0n) is 14.1. The van der Waals surface area contributed by atoms with Crippen molar-refractivity contribution in [3.8, 4) is 0 Å². The summed E-state index contributed by atoms with van der Waals surface area (Å²) in [6.07, 6.45) is 12.8. The number of hydrogen-bond donors (Lipinski definition) is 3. The third kappa shape index (κ3) is 14.5. The molecule has 7 nitrogen and oxygen atoms in total. The SMILES string of the molecule is CC(C)=C/C=C/C(C)=C/C=C/C(C)=C/COP(=O)(O)OP(=O)(O)O. The minimum atomic E-state index is -5.09. The largest absolute Gasteiger partial charge is 0.481 e. The Hall–Kier alpha value is -1.04. The highest BCUT2D eigenvalue weighted by Crippen LogP contribution is 2.57. The molecular formula is C15H24O7P2. The van der Waals surface area contributed by atoms with Crippen molar-refractivity contribution < 1.29 is 32.6 Å². The fraction of sp³-hybridized carbons (Fsp3) is 0.333. The number of phosphoric ester groups is 1. The van der Waals surface area contributed by atoms with E-state index in [0.717, 1.165) is 11.1 Å². The molecule has 1 unspecified atom stereocenters. The van der Waals surface area contributed by atoms with Crippen LogP contribution in [0.4, 0.5) is 0 Å². The van der Waals surface area contributed by atoms with E-state index >= 15 is 0 Å². The molecule has 0 fully saturated rings. The maximum Gasteiger partial charge on any atom is 0.481 e. The minimum absolute atomic E-state index is 0.326. The molecule has 0 aromatic rings. The first-order chi connectivity index (χ1) is 10.9. The van der Waals surface area contributed by atoms with Gasteiger partial charge in [-0.1, -0.05) is 59.3 Å². The average molecular weight is 378 g/mol. The molecule has 1 atom stereocenters. The molecule has 0 saturated carbocycles. The van der Waals surface area contributed by atoms with E-state index in [2.05, 4.69) is 8.83 Å². The van der Waals surface area contributed by atoms with E-state index in [1.54, 1.807) is 19.1 Å². The molecule has 0 amide bonds. The molecule has 0 saturated heterocycles. The van der Waals surface area contributed by atoms with Crippen LogP contribution in [0.3, 0.4) is 0 Å². The van der Waals surface area contributed by atoms with E-state index in [1.165, 1.54) is 11.6 Å². The van der Waals surface area contributed by atoms with Gasteiger partial charge in [-0.05, 0) is 27.7 Å². The third-order valence-electron chi connectivity index (χ3n) is 2.36. The summed E-state index contributed by atoms with van der Waals surface area (Å²) >= 11 is 0. The molecule has 0 rings (SSSR count). The van der Waals surface area contributed by atoms with Gasteiger partial charge in [0.2, 0.25) is 0 Å². The van der Waals surface area contributed by atoms with Gasteiger partial charge in [0.25, 0.3) is 0 Å². The van der Waals surface area contributed by atoms with Gasteiger partial charge in [0.1, 0.15) is 0 Å². The third-order valence-corrected chi connectivity index (χ3v) is 4.51. The monoisotopic (exact) mass is 378 g/mol. The lowest BCUT2D eigenvalue weighted by molar-refractivity contribution is 0.191. The van der Waals surface area contributed by atoms with Crippen LogP contribution >= 0.6 is 15.6 Å². The van der Waals surface area contributed by atoms with Crippen LogP contribution in [0.15, 0.2) is 59.3 Å². The maximum atomic E-state index is 11.2. The van der Waals surface area contributed by atoms with Gasteiger partial charge in [0.05, 0.1) is 6.61 Å². The van der Waals surface area contributed by atoms with Crippen molar-refractivity contribution >= 4 is 15.6 Å². The van der Waals surface area contributed by atoms with Crippen molar-refractivity contribution in [3.05, 3.63) is 59.3 Å². The van der Waals surface area contributed by atoms with Crippen LogP contribution in [-0.4, -0.2) is 21.3 Å². The van der Waals surface area contributed by atoms with Gasteiger partial charge in [0, 0.05) is 0 Å². The lowest BCUT2D eigenvalue weighted by Gasteiger charge is -2.10. The summed E-state index contributed by atoms with van der Waals surface area (Å²) in [6, 6.07) is 0. The summed E-state index contributed by atoms with van der Waals surface area (Å²) in [6.45, 7) is 7.38. The Bertz CT molecular complexity index is 647. The summed E-state index contributed by atoms with van der Waals surface area (Å²) in [4.78, 5) is 26.0. The molecule has 0 bridgehead atoms. The lowest BCUT2D eigenvalue weighted by atomic mass is 10.2. The molecule has 0 radical (unpaired) electrons. The summed E-state index contributed by atoms with van der Waals surface area (Å²) in [7, 11) is -9.88. The first-order valence-electron chi connectivity index (χ1n) is 6.99. The van der Waals surface area contributed by atoms with Crippen LogP contribution in [0.2, 0.25) is 0 Å². The Morgan fingerprint density at radius 1 is 0.917 bits per heavy atom. The molecule has 136 valence electrons. The van der Waals surface area contributed by atoms with Gasteiger partial charge in [-0.2, -0.15) is 4.31 Å². The smallest absolute Gasteiger partial charge is 0.302 e. The van der Waals surface area contributed by atoms with Crippen LogP contribution in [0, 0.1) is 0 Å². The minimum Gasteiger partial charge on any atom is -0.302 e. The highest BCUT2D eigenvalue weighted by molar-refractivity contribution is 7.60. The van der Waals surface area contributed by atoms with Crippen LogP contribution in [-0.2, 0) is 18.0 Å². The van der Waals surface area contributed by atoms with Crippen molar-refractivity contribution in [1.82, 2.24) is 0 Å². The molecule has 0 aliphatic heterocycles. The molecular weight excluding hydrogens is 354 g/mol.